The van der Waals surface area contributed by atoms with Crippen LogP contribution in [0.15, 0.2) is 18.3 Å². The molecule has 0 aliphatic carbocycles. The maximum absolute atomic E-state index is 12.9. The van der Waals surface area contributed by atoms with Gasteiger partial charge in [0.25, 0.3) is 0 Å². The van der Waals surface area contributed by atoms with E-state index in [1.54, 1.807) is 6.07 Å². The molecule has 2 rings (SSSR count). The van der Waals surface area contributed by atoms with E-state index in [1.807, 2.05) is 20.8 Å². The third-order valence-electron chi connectivity index (χ3n) is 1.61. The highest BCUT2D eigenvalue weighted by molar-refractivity contribution is 5.76. The number of fused-ring (bicyclic) bond motifs is 1. The van der Waals surface area contributed by atoms with Crippen molar-refractivity contribution in [2.75, 3.05) is 0 Å². The molecular weight excluding hydrogens is 167 g/mol. The summed E-state index contributed by atoms with van der Waals surface area (Å²) in [4.78, 5) is 6.92. The molecule has 0 fully saturated rings. The first kappa shape index (κ1) is 9.71. The van der Waals surface area contributed by atoms with E-state index in [-0.39, 0.29) is 5.82 Å². The van der Waals surface area contributed by atoms with Gasteiger partial charge in [0, 0.05) is 11.9 Å². The molecule has 0 radical (unpaired) electrons. The number of halogens is 1. The predicted octanol–water partition coefficient (Wildman–Crippen LogP) is 3.04. The number of aryl methyl sites for hydroxylation is 1. The minimum atomic E-state index is -0.223. The van der Waals surface area contributed by atoms with Crippen LogP contribution in [0.2, 0.25) is 0 Å². The van der Waals surface area contributed by atoms with Gasteiger partial charge in [-0.25, -0.2) is 9.37 Å². The largest absolute Gasteiger partial charge is 0.343 e. The molecule has 0 saturated carbocycles. The standard InChI is InChI=1S/C8H7FN2.C2H6/c1-5-4-6-7(9)2-3-10-8(6)11-5;1-2/h2-4H,1H3,(H,10,11);1-2H3. The van der Waals surface area contributed by atoms with Gasteiger partial charge in [-0.1, -0.05) is 13.8 Å². The van der Waals surface area contributed by atoms with Crippen LogP contribution in [-0.4, -0.2) is 9.97 Å². The van der Waals surface area contributed by atoms with Gasteiger partial charge in [0.05, 0.1) is 5.39 Å². The minimum absolute atomic E-state index is 0.223. The van der Waals surface area contributed by atoms with Crippen molar-refractivity contribution in [3.8, 4) is 0 Å². The summed E-state index contributed by atoms with van der Waals surface area (Å²) in [6.45, 7) is 5.88. The second kappa shape index (κ2) is 4.03. The zero-order valence-electron chi connectivity index (χ0n) is 8.06. The van der Waals surface area contributed by atoms with Gasteiger partial charge >= 0.3 is 0 Å². The van der Waals surface area contributed by atoms with E-state index in [2.05, 4.69) is 9.97 Å². The van der Waals surface area contributed by atoms with Gasteiger partial charge in [0.1, 0.15) is 11.5 Å². The van der Waals surface area contributed by atoms with Crippen LogP contribution in [0.4, 0.5) is 4.39 Å². The van der Waals surface area contributed by atoms with Crippen molar-refractivity contribution in [3.05, 3.63) is 29.8 Å². The number of nitrogens with one attached hydrogen (secondary N) is 1. The number of H-pyrrole nitrogens is 1. The van der Waals surface area contributed by atoms with Crippen molar-refractivity contribution < 1.29 is 4.39 Å². The Hall–Kier alpha value is -1.38. The van der Waals surface area contributed by atoms with Crippen LogP contribution < -0.4 is 0 Å². The molecule has 2 nitrogen and oxygen atoms in total. The summed E-state index contributed by atoms with van der Waals surface area (Å²) in [7, 11) is 0. The zero-order valence-corrected chi connectivity index (χ0v) is 8.06. The predicted molar refractivity (Wildman–Crippen MR) is 52.1 cm³/mol. The second-order valence-electron chi connectivity index (χ2n) is 2.51. The lowest BCUT2D eigenvalue weighted by molar-refractivity contribution is 0.638. The molecule has 0 aromatic carbocycles. The van der Waals surface area contributed by atoms with Crippen LogP contribution in [0.25, 0.3) is 11.0 Å². The molecule has 70 valence electrons. The molecule has 13 heavy (non-hydrogen) atoms. The number of aromatic nitrogens is 2. The normalized spacial score (nSPS) is 9.54. The fraction of sp³-hybridized carbons (Fsp3) is 0.300. The Morgan fingerprint density at radius 3 is 2.69 bits per heavy atom. The summed E-state index contributed by atoms with van der Waals surface area (Å²) >= 11 is 0. The Balaban J connectivity index is 0.000000396. The second-order valence-corrected chi connectivity index (χ2v) is 2.51. The molecule has 3 heteroatoms. The molecule has 0 saturated heterocycles. The first-order chi connectivity index (χ1) is 6.27. The third-order valence-corrected chi connectivity index (χ3v) is 1.61. The van der Waals surface area contributed by atoms with E-state index in [9.17, 15) is 4.39 Å². The molecular formula is C10H13FN2. The Kier molecular flexibility index (Phi) is 3.01. The van der Waals surface area contributed by atoms with E-state index >= 15 is 0 Å². The Labute approximate surface area is 76.8 Å². The van der Waals surface area contributed by atoms with Gasteiger partial charge in [0.15, 0.2) is 0 Å². The summed E-state index contributed by atoms with van der Waals surface area (Å²) in [5.74, 6) is -0.223. The van der Waals surface area contributed by atoms with Crippen molar-refractivity contribution in [1.29, 1.82) is 0 Å². The van der Waals surface area contributed by atoms with E-state index in [0.29, 0.717) is 11.0 Å². The Morgan fingerprint density at radius 1 is 1.38 bits per heavy atom. The van der Waals surface area contributed by atoms with Gasteiger partial charge in [0.2, 0.25) is 0 Å². The third kappa shape index (κ3) is 1.86. The van der Waals surface area contributed by atoms with Crippen molar-refractivity contribution in [3.63, 3.8) is 0 Å². The first-order valence-electron chi connectivity index (χ1n) is 4.37. The fourth-order valence-electron chi connectivity index (χ4n) is 1.13. The van der Waals surface area contributed by atoms with Gasteiger partial charge in [-0.05, 0) is 19.1 Å². The Morgan fingerprint density at radius 2 is 2.08 bits per heavy atom. The number of aromatic amines is 1. The smallest absolute Gasteiger partial charge is 0.140 e. The molecule has 2 aromatic heterocycles. The Bertz CT molecular complexity index is 393. The topological polar surface area (TPSA) is 28.7 Å². The molecule has 2 aromatic rings. The maximum Gasteiger partial charge on any atom is 0.140 e. The highest BCUT2D eigenvalue weighted by atomic mass is 19.1. The van der Waals surface area contributed by atoms with E-state index in [0.717, 1.165) is 5.69 Å². The molecule has 0 aliphatic heterocycles. The van der Waals surface area contributed by atoms with Crippen LogP contribution in [0.1, 0.15) is 19.5 Å². The maximum atomic E-state index is 12.9. The highest BCUT2D eigenvalue weighted by Gasteiger charge is 2.02. The van der Waals surface area contributed by atoms with Crippen molar-refractivity contribution >= 4 is 11.0 Å². The lowest BCUT2D eigenvalue weighted by Crippen LogP contribution is -1.78. The number of pyridine rings is 1. The number of nitrogens with zero attached hydrogens (tertiary/aromatic N) is 1. The fourth-order valence-corrected chi connectivity index (χ4v) is 1.13. The molecule has 2 heterocycles. The summed E-state index contributed by atoms with van der Waals surface area (Å²) in [6.07, 6.45) is 1.45. The molecule has 0 bridgehead atoms. The average molecular weight is 180 g/mol. The lowest BCUT2D eigenvalue weighted by Gasteiger charge is -1.87. The van der Waals surface area contributed by atoms with Gasteiger partial charge in [-0.2, -0.15) is 0 Å². The van der Waals surface area contributed by atoms with Gasteiger partial charge in [-0.15, -0.1) is 0 Å². The van der Waals surface area contributed by atoms with Crippen LogP contribution in [-0.2, 0) is 0 Å². The zero-order chi connectivity index (χ0) is 9.84. The summed E-state index contributed by atoms with van der Waals surface area (Å²) < 4.78 is 12.9. The van der Waals surface area contributed by atoms with Gasteiger partial charge in [-0.3, -0.25) is 0 Å². The molecule has 0 atom stereocenters. The molecule has 0 aliphatic rings. The monoisotopic (exact) mass is 180 g/mol. The number of rotatable bonds is 0. The van der Waals surface area contributed by atoms with Crippen molar-refractivity contribution in [1.82, 2.24) is 9.97 Å². The van der Waals surface area contributed by atoms with Crippen LogP contribution in [0.3, 0.4) is 0 Å². The summed E-state index contributed by atoms with van der Waals surface area (Å²) in [5, 5.41) is 0.560. The lowest BCUT2D eigenvalue weighted by atomic mass is 10.3. The minimum Gasteiger partial charge on any atom is -0.343 e. The van der Waals surface area contributed by atoms with E-state index in [1.165, 1.54) is 12.3 Å². The van der Waals surface area contributed by atoms with E-state index < -0.39 is 0 Å². The average Bonchev–Trinajstić information content (AvgIpc) is 2.51. The van der Waals surface area contributed by atoms with Crippen molar-refractivity contribution in [2.45, 2.75) is 20.8 Å². The first-order valence-corrected chi connectivity index (χ1v) is 4.37. The molecule has 1 N–H and O–H groups in total. The SMILES string of the molecule is CC.Cc1cc2c(F)ccnc2[nH]1. The molecule has 0 unspecified atom stereocenters. The highest BCUT2D eigenvalue weighted by Crippen LogP contribution is 2.15. The number of hydrogen-bond donors (Lipinski definition) is 1. The van der Waals surface area contributed by atoms with Crippen LogP contribution in [0.5, 0.6) is 0 Å². The molecule has 0 spiro atoms. The quantitative estimate of drug-likeness (QED) is 0.663. The summed E-state index contributed by atoms with van der Waals surface area (Å²) in [5.41, 5.74) is 1.54. The number of hydrogen-bond acceptors (Lipinski definition) is 1. The van der Waals surface area contributed by atoms with Crippen molar-refractivity contribution in [2.24, 2.45) is 0 Å². The van der Waals surface area contributed by atoms with Crippen LogP contribution in [0, 0.1) is 12.7 Å². The molecule has 0 amide bonds. The van der Waals surface area contributed by atoms with E-state index in [4.69, 9.17) is 0 Å². The summed E-state index contributed by atoms with van der Waals surface area (Å²) in [6, 6.07) is 3.10. The van der Waals surface area contributed by atoms with Crippen LogP contribution >= 0.6 is 0 Å². The van der Waals surface area contributed by atoms with Gasteiger partial charge < -0.3 is 4.98 Å².